The van der Waals surface area contributed by atoms with Crippen molar-refractivity contribution in [3.05, 3.63) is 29.3 Å². The van der Waals surface area contributed by atoms with Crippen molar-refractivity contribution in [2.75, 3.05) is 18.5 Å². The minimum atomic E-state index is -0.100. The van der Waals surface area contributed by atoms with Crippen molar-refractivity contribution in [3.63, 3.8) is 0 Å². The van der Waals surface area contributed by atoms with E-state index >= 15 is 0 Å². The minimum absolute atomic E-state index is 0.100. The molecule has 0 fully saturated rings. The summed E-state index contributed by atoms with van der Waals surface area (Å²) in [6.07, 6.45) is 1.34. The first-order valence-corrected chi connectivity index (χ1v) is 7.05. The van der Waals surface area contributed by atoms with Gasteiger partial charge in [0.1, 0.15) is 0 Å². The molecule has 1 amide bonds. The summed E-state index contributed by atoms with van der Waals surface area (Å²) < 4.78 is 0. The third-order valence-corrected chi connectivity index (χ3v) is 4.22. The standard InChI is InChI=1S/C16H21N3O/c1-11-9-14-10-13(16(20)18-8-4-7-17)5-6-15(14)19(3)12(11)2/h5-6,10-12H,4,8-9H2,1-3H3,(H,18,20)/t11?,12-/m0/s1. The van der Waals surface area contributed by atoms with Crippen LogP contribution in [-0.4, -0.2) is 25.5 Å². The molecule has 0 aromatic heterocycles. The molecule has 4 nitrogen and oxygen atoms in total. The third kappa shape index (κ3) is 2.77. The van der Waals surface area contributed by atoms with Crippen LogP contribution in [0.25, 0.3) is 0 Å². The Morgan fingerprint density at radius 1 is 1.50 bits per heavy atom. The normalized spacial score (nSPS) is 21.0. The number of amides is 1. The van der Waals surface area contributed by atoms with Crippen LogP contribution in [0.3, 0.4) is 0 Å². The van der Waals surface area contributed by atoms with Gasteiger partial charge in [-0.3, -0.25) is 4.79 Å². The number of nitrogens with one attached hydrogen (secondary N) is 1. The zero-order chi connectivity index (χ0) is 14.7. The summed E-state index contributed by atoms with van der Waals surface area (Å²) >= 11 is 0. The molecule has 1 aliphatic heterocycles. The number of rotatable bonds is 3. The third-order valence-electron chi connectivity index (χ3n) is 4.22. The SMILES string of the molecule is CC1Cc2cc(C(=O)NCCC#N)ccc2N(C)[C@H]1C. The predicted octanol–water partition coefficient (Wildman–Crippen LogP) is 2.35. The Bertz CT molecular complexity index is 547. The van der Waals surface area contributed by atoms with E-state index in [2.05, 4.69) is 31.1 Å². The Balaban J connectivity index is 2.18. The molecule has 1 heterocycles. The van der Waals surface area contributed by atoms with Gasteiger partial charge in [0.25, 0.3) is 5.91 Å². The molecule has 0 spiro atoms. The number of hydrogen-bond donors (Lipinski definition) is 1. The molecule has 0 radical (unpaired) electrons. The van der Waals surface area contributed by atoms with E-state index in [1.807, 2.05) is 24.3 Å². The number of benzene rings is 1. The Hall–Kier alpha value is -2.02. The lowest BCUT2D eigenvalue weighted by Crippen LogP contribution is -2.39. The lowest BCUT2D eigenvalue weighted by atomic mass is 9.87. The molecule has 0 saturated carbocycles. The quantitative estimate of drug-likeness (QED) is 0.859. The fourth-order valence-corrected chi connectivity index (χ4v) is 2.69. The van der Waals surface area contributed by atoms with Crippen molar-refractivity contribution in [2.45, 2.75) is 32.7 Å². The Morgan fingerprint density at radius 3 is 2.95 bits per heavy atom. The highest BCUT2D eigenvalue weighted by molar-refractivity contribution is 5.95. The van der Waals surface area contributed by atoms with Crippen LogP contribution in [0.1, 0.15) is 36.2 Å². The first-order chi connectivity index (χ1) is 9.54. The summed E-state index contributed by atoms with van der Waals surface area (Å²) in [4.78, 5) is 14.3. The van der Waals surface area contributed by atoms with Crippen LogP contribution in [-0.2, 0) is 6.42 Å². The second kappa shape index (κ2) is 5.96. The van der Waals surface area contributed by atoms with Crippen LogP contribution in [0.4, 0.5) is 5.69 Å². The van der Waals surface area contributed by atoms with Gasteiger partial charge in [-0.05, 0) is 43.0 Å². The van der Waals surface area contributed by atoms with E-state index < -0.39 is 0 Å². The lowest BCUT2D eigenvalue weighted by Gasteiger charge is -2.38. The van der Waals surface area contributed by atoms with Crippen molar-refractivity contribution in [1.82, 2.24) is 5.32 Å². The molecule has 20 heavy (non-hydrogen) atoms. The van der Waals surface area contributed by atoms with Gasteiger partial charge in [0.15, 0.2) is 0 Å². The first-order valence-electron chi connectivity index (χ1n) is 7.05. The van der Waals surface area contributed by atoms with E-state index in [1.54, 1.807) is 0 Å². The highest BCUT2D eigenvalue weighted by Crippen LogP contribution is 2.33. The average molecular weight is 271 g/mol. The van der Waals surface area contributed by atoms with Gasteiger partial charge in [0, 0.05) is 30.9 Å². The van der Waals surface area contributed by atoms with E-state index in [9.17, 15) is 4.79 Å². The van der Waals surface area contributed by atoms with E-state index in [0.29, 0.717) is 30.5 Å². The largest absolute Gasteiger partial charge is 0.371 e. The fraction of sp³-hybridized carbons (Fsp3) is 0.500. The molecule has 2 atom stereocenters. The molecule has 1 aliphatic rings. The summed E-state index contributed by atoms with van der Waals surface area (Å²) in [5.41, 5.74) is 3.12. The van der Waals surface area contributed by atoms with Gasteiger partial charge in [-0.2, -0.15) is 5.26 Å². The zero-order valence-electron chi connectivity index (χ0n) is 12.3. The van der Waals surface area contributed by atoms with Crippen LogP contribution in [0.15, 0.2) is 18.2 Å². The van der Waals surface area contributed by atoms with Crippen molar-refractivity contribution in [2.24, 2.45) is 5.92 Å². The van der Waals surface area contributed by atoms with Crippen LogP contribution < -0.4 is 10.2 Å². The topological polar surface area (TPSA) is 56.1 Å². The lowest BCUT2D eigenvalue weighted by molar-refractivity contribution is 0.0954. The maximum absolute atomic E-state index is 12.0. The van der Waals surface area contributed by atoms with Crippen LogP contribution >= 0.6 is 0 Å². The fourth-order valence-electron chi connectivity index (χ4n) is 2.69. The summed E-state index contributed by atoms with van der Waals surface area (Å²) in [5.74, 6) is 0.473. The molecular weight excluding hydrogens is 250 g/mol. The summed E-state index contributed by atoms with van der Waals surface area (Å²) in [6.45, 7) is 4.87. The van der Waals surface area contributed by atoms with Crippen molar-refractivity contribution in [1.29, 1.82) is 5.26 Å². The van der Waals surface area contributed by atoms with E-state index in [1.165, 1.54) is 11.3 Å². The Kier molecular flexibility index (Phi) is 4.29. The minimum Gasteiger partial charge on any atom is -0.371 e. The molecule has 0 aliphatic carbocycles. The summed E-state index contributed by atoms with van der Waals surface area (Å²) in [6, 6.07) is 8.40. The predicted molar refractivity (Wildman–Crippen MR) is 79.7 cm³/mol. The molecule has 2 rings (SSSR count). The molecule has 0 bridgehead atoms. The van der Waals surface area contributed by atoms with E-state index in [0.717, 1.165) is 6.42 Å². The van der Waals surface area contributed by atoms with E-state index in [-0.39, 0.29) is 5.91 Å². The smallest absolute Gasteiger partial charge is 0.251 e. The Labute approximate surface area is 120 Å². The molecule has 106 valence electrons. The second-order valence-corrected chi connectivity index (χ2v) is 5.54. The molecule has 1 unspecified atom stereocenters. The summed E-state index contributed by atoms with van der Waals surface area (Å²) in [5, 5.41) is 11.2. The number of nitrogens with zero attached hydrogens (tertiary/aromatic N) is 2. The van der Waals surface area contributed by atoms with Gasteiger partial charge >= 0.3 is 0 Å². The maximum atomic E-state index is 12.0. The maximum Gasteiger partial charge on any atom is 0.251 e. The number of carbonyl (C=O) groups excluding carboxylic acids is 1. The average Bonchev–Trinajstić information content (AvgIpc) is 2.44. The number of nitriles is 1. The van der Waals surface area contributed by atoms with Crippen LogP contribution in [0, 0.1) is 17.2 Å². The number of hydrogen-bond acceptors (Lipinski definition) is 3. The van der Waals surface area contributed by atoms with Gasteiger partial charge in [-0.15, -0.1) is 0 Å². The van der Waals surface area contributed by atoms with Crippen molar-refractivity contribution in [3.8, 4) is 6.07 Å². The molecule has 1 N–H and O–H groups in total. The molecule has 1 aromatic carbocycles. The van der Waals surface area contributed by atoms with Gasteiger partial charge in [-0.1, -0.05) is 6.92 Å². The number of carbonyl (C=O) groups is 1. The highest BCUT2D eigenvalue weighted by atomic mass is 16.1. The first kappa shape index (κ1) is 14.4. The molecular formula is C16H21N3O. The number of fused-ring (bicyclic) bond motifs is 1. The van der Waals surface area contributed by atoms with E-state index in [4.69, 9.17) is 5.26 Å². The molecule has 0 saturated heterocycles. The van der Waals surface area contributed by atoms with Gasteiger partial charge in [0.2, 0.25) is 0 Å². The second-order valence-electron chi connectivity index (χ2n) is 5.54. The van der Waals surface area contributed by atoms with Crippen molar-refractivity contribution >= 4 is 11.6 Å². The van der Waals surface area contributed by atoms with Gasteiger partial charge in [0.05, 0.1) is 12.5 Å². The molecule has 4 heteroatoms. The zero-order valence-corrected chi connectivity index (χ0v) is 12.3. The van der Waals surface area contributed by atoms with Gasteiger partial charge < -0.3 is 10.2 Å². The molecule has 1 aromatic rings. The van der Waals surface area contributed by atoms with Crippen LogP contribution in [0.2, 0.25) is 0 Å². The van der Waals surface area contributed by atoms with Crippen molar-refractivity contribution < 1.29 is 4.79 Å². The van der Waals surface area contributed by atoms with Crippen LogP contribution in [0.5, 0.6) is 0 Å². The monoisotopic (exact) mass is 271 g/mol. The number of anilines is 1. The highest BCUT2D eigenvalue weighted by Gasteiger charge is 2.26. The van der Waals surface area contributed by atoms with Gasteiger partial charge in [-0.25, -0.2) is 0 Å². The summed E-state index contributed by atoms with van der Waals surface area (Å²) in [7, 11) is 2.10. The Morgan fingerprint density at radius 2 is 2.25 bits per heavy atom.